The maximum absolute atomic E-state index is 13.0. The molecule has 128 valence electrons. The number of hydrogen-bond acceptors (Lipinski definition) is 2. The topological polar surface area (TPSA) is 29.5 Å². The molecule has 0 N–H and O–H groups in total. The van der Waals surface area contributed by atoms with E-state index in [9.17, 15) is 18.0 Å². The fourth-order valence-corrected chi connectivity index (χ4v) is 2.70. The van der Waals surface area contributed by atoms with Gasteiger partial charge in [0.25, 0.3) is 0 Å². The van der Waals surface area contributed by atoms with E-state index in [4.69, 9.17) is 4.84 Å². The lowest BCUT2D eigenvalue weighted by Gasteiger charge is -2.23. The van der Waals surface area contributed by atoms with Gasteiger partial charge in [0.05, 0.1) is 12.6 Å². The van der Waals surface area contributed by atoms with Gasteiger partial charge in [-0.2, -0.15) is 0 Å². The van der Waals surface area contributed by atoms with Crippen molar-refractivity contribution in [2.45, 2.75) is 57.4 Å². The number of hydroxylamine groups is 2. The molecular formula is C17H22F3NO2. The highest BCUT2D eigenvalue weighted by atomic mass is 19.3. The third-order valence-electron chi connectivity index (χ3n) is 3.91. The molecule has 0 unspecified atom stereocenters. The van der Waals surface area contributed by atoms with Crippen LogP contribution in [-0.4, -0.2) is 23.5 Å². The standard InChI is InChI=1S/C17H22F3NO2/c1-17(19,20)11-4-2-3-5-16(22)21-15(10-12-23-21)13-6-8-14(18)9-7-13/h6-9,15H,2-5,10-12H2,1H3/t15-/m0/s1. The summed E-state index contributed by atoms with van der Waals surface area (Å²) in [4.78, 5) is 17.6. The molecule has 0 aliphatic carbocycles. The fourth-order valence-electron chi connectivity index (χ4n) is 2.70. The second-order valence-electron chi connectivity index (χ2n) is 6.04. The first kappa shape index (κ1) is 17.8. The third-order valence-corrected chi connectivity index (χ3v) is 3.91. The number of benzene rings is 1. The normalized spacial score (nSPS) is 18.4. The number of hydrogen-bond donors (Lipinski definition) is 0. The van der Waals surface area contributed by atoms with Gasteiger partial charge in [-0.1, -0.05) is 18.6 Å². The summed E-state index contributed by atoms with van der Waals surface area (Å²) < 4.78 is 38.4. The van der Waals surface area contributed by atoms with E-state index in [0.717, 1.165) is 12.5 Å². The molecule has 1 aliphatic rings. The zero-order valence-corrected chi connectivity index (χ0v) is 13.2. The maximum Gasteiger partial charge on any atom is 0.246 e. The Kier molecular flexibility index (Phi) is 6.04. The minimum atomic E-state index is -2.64. The molecule has 1 amide bonds. The van der Waals surface area contributed by atoms with E-state index >= 15 is 0 Å². The first-order valence-electron chi connectivity index (χ1n) is 7.95. The van der Waals surface area contributed by atoms with Crippen LogP contribution in [0.5, 0.6) is 0 Å². The van der Waals surface area contributed by atoms with Gasteiger partial charge in [0.15, 0.2) is 0 Å². The average Bonchev–Trinajstić information content (AvgIpc) is 2.96. The number of nitrogens with zero attached hydrogens (tertiary/aromatic N) is 1. The van der Waals surface area contributed by atoms with Gasteiger partial charge in [0, 0.05) is 19.3 Å². The molecule has 6 heteroatoms. The lowest BCUT2D eigenvalue weighted by Crippen LogP contribution is -2.29. The van der Waals surface area contributed by atoms with Crippen LogP contribution in [0.25, 0.3) is 0 Å². The quantitative estimate of drug-likeness (QED) is 0.682. The molecule has 1 aliphatic heterocycles. The molecule has 1 saturated heterocycles. The second-order valence-corrected chi connectivity index (χ2v) is 6.04. The van der Waals surface area contributed by atoms with E-state index in [2.05, 4.69) is 0 Å². The molecule has 1 heterocycles. The largest absolute Gasteiger partial charge is 0.273 e. The number of rotatable bonds is 7. The molecule has 0 spiro atoms. The third kappa shape index (κ3) is 5.53. The van der Waals surface area contributed by atoms with Crippen molar-refractivity contribution < 1.29 is 22.8 Å². The Morgan fingerprint density at radius 3 is 2.61 bits per heavy atom. The van der Waals surface area contributed by atoms with Crippen molar-refractivity contribution in [2.75, 3.05) is 6.61 Å². The van der Waals surface area contributed by atoms with Gasteiger partial charge < -0.3 is 0 Å². The summed E-state index contributed by atoms with van der Waals surface area (Å²) in [6, 6.07) is 5.82. The van der Waals surface area contributed by atoms with Crippen LogP contribution in [0.1, 0.15) is 57.1 Å². The summed E-state index contributed by atoms with van der Waals surface area (Å²) in [6.07, 6.45) is 2.33. The van der Waals surface area contributed by atoms with Gasteiger partial charge in [0.1, 0.15) is 5.82 Å². The number of carbonyl (C=O) groups excluding carboxylic acids is 1. The number of unbranched alkanes of at least 4 members (excludes halogenated alkanes) is 2. The van der Waals surface area contributed by atoms with Crippen LogP contribution >= 0.6 is 0 Å². The van der Waals surface area contributed by atoms with Gasteiger partial charge in [-0.05, 0) is 37.5 Å². The number of halogens is 3. The molecule has 23 heavy (non-hydrogen) atoms. The molecule has 0 radical (unpaired) electrons. The molecule has 0 saturated carbocycles. The van der Waals surface area contributed by atoms with Gasteiger partial charge in [0.2, 0.25) is 11.8 Å². The summed E-state index contributed by atoms with van der Waals surface area (Å²) in [6.45, 7) is 1.35. The number of carbonyl (C=O) groups is 1. The summed E-state index contributed by atoms with van der Waals surface area (Å²) in [5, 5.41) is 1.35. The first-order valence-corrected chi connectivity index (χ1v) is 7.95. The predicted octanol–water partition coefficient (Wildman–Crippen LogP) is 4.64. The molecule has 0 aromatic heterocycles. The molecular weight excluding hydrogens is 307 g/mol. The summed E-state index contributed by atoms with van der Waals surface area (Å²) in [7, 11) is 0. The zero-order chi connectivity index (χ0) is 16.9. The Morgan fingerprint density at radius 2 is 1.96 bits per heavy atom. The first-order chi connectivity index (χ1) is 10.9. The molecule has 3 nitrogen and oxygen atoms in total. The van der Waals surface area contributed by atoms with Gasteiger partial charge in [-0.15, -0.1) is 0 Å². The smallest absolute Gasteiger partial charge is 0.246 e. The van der Waals surface area contributed by atoms with Crippen LogP contribution < -0.4 is 0 Å². The van der Waals surface area contributed by atoms with Crippen molar-refractivity contribution in [3.05, 3.63) is 35.6 Å². The van der Waals surface area contributed by atoms with Crippen molar-refractivity contribution in [3.8, 4) is 0 Å². The molecule has 1 aromatic rings. The summed E-state index contributed by atoms with van der Waals surface area (Å²) >= 11 is 0. The van der Waals surface area contributed by atoms with Gasteiger partial charge >= 0.3 is 0 Å². The SMILES string of the molecule is CC(F)(F)CCCCCC(=O)N1OCC[C@H]1c1ccc(F)cc1. The predicted molar refractivity (Wildman–Crippen MR) is 80.3 cm³/mol. The fraction of sp³-hybridized carbons (Fsp3) is 0.588. The van der Waals surface area contributed by atoms with Crippen molar-refractivity contribution in [1.82, 2.24) is 5.06 Å². The minimum absolute atomic E-state index is 0.153. The van der Waals surface area contributed by atoms with E-state index in [0.29, 0.717) is 32.3 Å². The molecule has 1 fully saturated rings. The Hall–Kier alpha value is -1.56. The van der Waals surface area contributed by atoms with E-state index in [1.54, 1.807) is 12.1 Å². The minimum Gasteiger partial charge on any atom is -0.273 e. The van der Waals surface area contributed by atoms with Crippen LogP contribution in [0.2, 0.25) is 0 Å². The van der Waals surface area contributed by atoms with Crippen molar-refractivity contribution >= 4 is 5.91 Å². The Balaban J connectivity index is 1.80. The van der Waals surface area contributed by atoms with Crippen LogP contribution in [0.3, 0.4) is 0 Å². The lowest BCUT2D eigenvalue weighted by atomic mass is 10.0. The molecule has 0 bridgehead atoms. The Morgan fingerprint density at radius 1 is 1.26 bits per heavy atom. The van der Waals surface area contributed by atoms with Crippen LogP contribution in [0, 0.1) is 5.82 Å². The Labute approximate surface area is 134 Å². The van der Waals surface area contributed by atoms with E-state index < -0.39 is 5.92 Å². The summed E-state index contributed by atoms with van der Waals surface area (Å²) in [5.74, 6) is -3.12. The maximum atomic E-state index is 13.0. The summed E-state index contributed by atoms with van der Waals surface area (Å²) in [5.41, 5.74) is 0.836. The Bertz CT molecular complexity index is 514. The highest BCUT2D eigenvalue weighted by molar-refractivity contribution is 5.75. The number of amides is 1. The van der Waals surface area contributed by atoms with Crippen LogP contribution in [0.15, 0.2) is 24.3 Å². The molecule has 1 atom stereocenters. The van der Waals surface area contributed by atoms with E-state index in [1.807, 2.05) is 0 Å². The van der Waals surface area contributed by atoms with Crippen LogP contribution in [-0.2, 0) is 9.63 Å². The van der Waals surface area contributed by atoms with Crippen molar-refractivity contribution in [2.24, 2.45) is 0 Å². The molecule has 2 rings (SSSR count). The lowest BCUT2D eigenvalue weighted by molar-refractivity contribution is -0.177. The number of alkyl halides is 2. The van der Waals surface area contributed by atoms with Gasteiger partial charge in [-0.25, -0.2) is 18.2 Å². The van der Waals surface area contributed by atoms with E-state index in [1.165, 1.54) is 17.2 Å². The van der Waals surface area contributed by atoms with Crippen molar-refractivity contribution in [3.63, 3.8) is 0 Å². The highest BCUT2D eigenvalue weighted by Gasteiger charge is 2.31. The van der Waals surface area contributed by atoms with E-state index in [-0.39, 0.29) is 30.6 Å². The van der Waals surface area contributed by atoms with Gasteiger partial charge in [-0.3, -0.25) is 9.63 Å². The van der Waals surface area contributed by atoms with Crippen molar-refractivity contribution in [1.29, 1.82) is 0 Å². The zero-order valence-electron chi connectivity index (χ0n) is 13.2. The highest BCUT2D eigenvalue weighted by Crippen LogP contribution is 2.31. The second kappa shape index (κ2) is 7.81. The molecule has 1 aromatic carbocycles. The average molecular weight is 329 g/mol. The monoisotopic (exact) mass is 329 g/mol. The van der Waals surface area contributed by atoms with Crippen LogP contribution in [0.4, 0.5) is 13.2 Å².